The van der Waals surface area contributed by atoms with Gasteiger partial charge >= 0.3 is 0 Å². The quantitative estimate of drug-likeness (QED) is 0.0396. The smallest absolute Gasteiger partial charge is 0.274 e. The molecule has 0 saturated heterocycles. The largest absolute Gasteiger partial charge is 0.489 e. The molecular weight excluding hydrogens is 1440 g/mol. The Hall–Kier alpha value is -14.4. The number of halogens is 4. The monoisotopic (exact) mass is 1510 g/mol. The van der Waals surface area contributed by atoms with Crippen LogP contribution in [0.5, 0.6) is 23.0 Å². The number of hydrogen-bond acceptors (Lipinski definition) is 13. The molecule has 0 unspecified atom stereocenters. The van der Waals surface area contributed by atoms with E-state index in [9.17, 15) is 36.7 Å². The summed E-state index contributed by atoms with van der Waals surface area (Å²) in [7, 11) is 1.74. The number of aromatic nitrogens is 9. The van der Waals surface area contributed by atoms with Crippen molar-refractivity contribution in [1.82, 2.24) is 53.0 Å². The molecule has 0 saturated carbocycles. The van der Waals surface area contributed by atoms with Crippen molar-refractivity contribution in [3.63, 3.8) is 0 Å². The standard InChI is InChI=1S/C23H20FN3O2.C23H19FN2O2.2C22H18FN3O2/c1-26(23(28)21-15-27-12-5-4-11-22(27)25-21)14-17-7-6-9-19(13-17)29-16-18-8-2-3-10-20(18)24;24-21-9-2-1-6-18(21)15-28-20-8-3-5-17(13-20)10-11-23(27)22-14-19-7-4-12-26(19)16-25-22;23-19-9-2-1-7-17(19)15-28-18-8-5-6-16(12-18)13-25-22(27)20-14-24-21-10-3-4-11-26(20)21;23-20-7-2-1-5-18(20)14-28-19-6-3-4-16(12-19)8-9-21(27)17-10-11-26-15-24-25-22(26)13-17/h2-13,15H,14,16H2,1H3;1-9,12-14,16H,10-11,15H2;1-12,14H,13,15H2,(H,25,27);1-7,10-13,15H,8-9,14H2. The molecule has 566 valence electrons. The molecule has 0 fully saturated rings. The van der Waals surface area contributed by atoms with Gasteiger partial charge in [0.1, 0.15) is 107 Å². The lowest BCUT2D eigenvalue weighted by molar-refractivity contribution is 0.0779. The first kappa shape index (κ1) is 76.8. The topological polar surface area (TPSA) is 203 Å². The molecule has 16 aromatic rings. The Morgan fingerprint density at radius 3 is 1.49 bits per heavy atom. The van der Waals surface area contributed by atoms with Gasteiger partial charge in [-0.25, -0.2) is 32.5 Å². The van der Waals surface area contributed by atoms with E-state index in [0.717, 1.165) is 39.1 Å². The molecule has 0 spiro atoms. The zero-order valence-corrected chi connectivity index (χ0v) is 61.3. The van der Waals surface area contributed by atoms with Crippen LogP contribution in [0.15, 0.2) is 311 Å². The molecule has 8 aromatic heterocycles. The molecule has 1 N–H and O–H groups in total. The van der Waals surface area contributed by atoms with E-state index in [1.807, 2.05) is 161 Å². The fourth-order valence-electron chi connectivity index (χ4n) is 12.0. The summed E-state index contributed by atoms with van der Waals surface area (Å²) in [5.41, 5.74) is 10.8. The van der Waals surface area contributed by atoms with Gasteiger partial charge < -0.3 is 38.0 Å². The minimum absolute atomic E-state index is 0.00128. The predicted molar refractivity (Wildman–Crippen MR) is 420 cm³/mol. The van der Waals surface area contributed by atoms with Crippen molar-refractivity contribution in [3.05, 3.63) is 401 Å². The average molecular weight is 1510 g/mol. The first-order chi connectivity index (χ1) is 55.2. The average Bonchev–Trinajstić information content (AvgIpc) is 1.68. The number of fused-ring (bicyclic) bond motifs is 4. The molecule has 0 aliphatic heterocycles. The molecule has 8 heterocycles. The summed E-state index contributed by atoms with van der Waals surface area (Å²) in [5, 5.41) is 10.7. The molecule has 113 heavy (non-hydrogen) atoms. The first-order valence-electron chi connectivity index (χ1n) is 36.2. The number of nitrogens with one attached hydrogen (secondary N) is 1. The second-order valence-corrected chi connectivity index (χ2v) is 26.1. The van der Waals surface area contributed by atoms with Crippen molar-refractivity contribution in [3.8, 4) is 23.0 Å². The van der Waals surface area contributed by atoms with Crippen LogP contribution in [0.2, 0.25) is 0 Å². The minimum atomic E-state index is -0.293. The Morgan fingerprint density at radius 1 is 0.425 bits per heavy atom. The number of ether oxygens (including phenoxy) is 4. The lowest BCUT2D eigenvalue weighted by Gasteiger charge is -2.16. The Kier molecular flexibility index (Phi) is 25.6. The summed E-state index contributed by atoms with van der Waals surface area (Å²) in [6, 6.07) is 76.4. The van der Waals surface area contributed by atoms with Crippen LogP contribution in [0.4, 0.5) is 17.6 Å². The van der Waals surface area contributed by atoms with Gasteiger partial charge in [0, 0.05) is 97.3 Å². The predicted octanol–water partition coefficient (Wildman–Crippen LogP) is 17.4. The lowest BCUT2D eigenvalue weighted by Crippen LogP contribution is -2.26. The fourth-order valence-corrected chi connectivity index (χ4v) is 12.0. The zero-order valence-electron chi connectivity index (χ0n) is 61.3. The number of rotatable bonds is 26. The van der Waals surface area contributed by atoms with E-state index < -0.39 is 0 Å². The van der Waals surface area contributed by atoms with Crippen LogP contribution in [0.1, 0.15) is 99.2 Å². The van der Waals surface area contributed by atoms with Crippen LogP contribution in [-0.4, -0.2) is 78.1 Å². The van der Waals surface area contributed by atoms with Gasteiger partial charge in [-0.3, -0.25) is 28.0 Å². The molecule has 0 radical (unpaired) electrons. The van der Waals surface area contributed by atoms with E-state index in [1.54, 1.807) is 155 Å². The molecule has 0 aliphatic carbocycles. The van der Waals surface area contributed by atoms with Gasteiger partial charge in [0.25, 0.3) is 11.8 Å². The van der Waals surface area contributed by atoms with Crippen LogP contribution in [0.25, 0.3) is 22.5 Å². The van der Waals surface area contributed by atoms with Crippen molar-refractivity contribution >= 4 is 45.8 Å². The van der Waals surface area contributed by atoms with E-state index in [1.165, 1.54) is 24.3 Å². The van der Waals surface area contributed by atoms with Crippen molar-refractivity contribution < 1.29 is 55.7 Å². The Morgan fingerprint density at radius 2 is 0.920 bits per heavy atom. The highest BCUT2D eigenvalue weighted by Crippen LogP contribution is 2.24. The van der Waals surface area contributed by atoms with Gasteiger partial charge in [-0.1, -0.05) is 133 Å². The molecular formula is C90H75F4N11O8. The fraction of sp³-hybridized carbons (Fsp3) is 0.122. The number of ketones is 2. The highest BCUT2D eigenvalue weighted by molar-refractivity contribution is 5.97. The maximum Gasteiger partial charge on any atom is 0.274 e. The molecule has 2 amide bonds. The second-order valence-electron chi connectivity index (χ2n) is 26.1. The Bertz CT molecular complexity index is 5750. The van der Waals surface area contributed by atoms with Gasteiger partial charge in [-0.2, -0.15) is 0 Å². The van der Waals surface area contributed by atoms with Crippen LogP contribution >= 0.6 is 0 Å². The number of carbonyl (C=O) groups excluding carboxylic acids is 4. The molecule has 8 aromatic carbocycles. The first-order valence-corrected chi connectivity index (χ1v) is 36.2. The van der Waals surface area contributed by atoms with E-state index in [0.29, 0.717) is 112 Å². The summed E-state index contributed by atoms with van der Waals surface area (Å²) >= 11 is 0. The van der Waals surface area contributed by atoms with Crippen LogP contribution < -0.4 is 24.3 Å². The third-order valence-corrected chi connectivity index (χ3v) is 18.1. The van der Waals surface area contributed by atoms with Crippen molar-refractivity contribution in [1.29, 1.82) is 0 Å². The van der Waals surface area contributed by atoms with Crippen LogP contribution in [0.3, 0.4) is 0 Å². The number of hydrogen-bond donors (Lipinski definition) is 1. The van der Waals surface area contributed by atoms with Gasteiger partial charge in [0.15, 0.2) is 17.2 Å². The number of aryl methyl sites for hydroxylation is 2. The van der Waals surface area contributed by atoms with Gasteiger partial charge in [-0.05, 0) is 162 Å². The van der Waals surface area contributed by atoms with Crippen LogP contribution in [-0.2, 0) is 52.4 Å². The molecule has 23 heteroatoms. The van der Waals surface area contributed by atoms with Gasteiger partial charge in [0.05, 0.1) is 12.5 Å². The van der Waals surface area contributed by atoms with E-state index in [4.69, 9.17) is 18.9 Å². The van der Waals surface area contributed by atoms with Crippen molar-refractivity contribution in [2.45, 2.75) is 65.2 Å². The number of imidazole rings is 2. The molecule has 0 aliphatic rings. The summed E-state index contributed by atoms with van der Waals surface area (Å²) in [6.07, 6.45) is 15.8. The molecule has 0 bridgehead atoms. The SMILES string of the molecule is CN(Cc1cccc(OCc2ccccc2F)c1)C(=O)c1cn2ccccc2n1.O=C(CCc1cccc(OCc2ccccc2F)c1)c1cc2cccn2cn1.O=C(CCc1cccc(OCc2ccccc2F)c1)c1ccn2cnnc2c1.O=C(NCc1cccc(OCc2ccccc2F)c1)c1cnc2ccccn12. The third kappa shape index (κ3) is 21.1. The molecule has 19 nitrogen and oxygen atoms in total. The number of nitrogens with zero attached hydrogens (tertiary/aromatic N) is 10. The lowest BCUT2D eigenvalue weighted by atomic mass is 10.0. The number of pyridine rings is 3. The highest BCUT2D eigenvalue weighted by Gasteiger charge is 2.18. The summed E-state index contributed by atoms with van der Waals surface area (Å²) in [4.78, 5) is 64.6. The third-order valence-electron chi connectivity index (χ3n) is 18.1. The van der Waals surface area contributed by atoms with Crippen molar-refractivity contribution in [2.75, 3.05) is 7.05 Å². The number of carbonyl (C=O) groups is 4. The van der Waals surface area contributed by atoms with Gasteiger partial charge in [0.2, 0.25) is 0 Å². The van der Waals surface area contributed by atoms with Crippen LogP contribution in [0, 0.1) is 23.3 Å². The van der Waals surface area contributed by atoms with E-state index >= 15 is 0 Å². The normalized spacial score (nSPS) is 10.8. The van der Waals surface area contributed by atoms with Gasteiger partial charge in [-0.15, -0.1) is 10.2 Å². The highest BCUT2D eigenvalue weighted by atomic mass is 19.1. The summed E-state index contributed by atoms with van der Waals surface area (Å²) < 4.78 is 84.8. The van der Waals surface area contributed by atoms with Crippen molar-refractivity contribution in [2.24, 2.45) is 0 Å². The Balaban J connectivity index is 0.000000132. The molecule has 16 rings (SSSR count). The second kappa shape index (κ2) is 37.7. The summed E-state index contributed by atoms with van der Waals surface area (Å²) in [6.45, 7) is 1.36. The summed E-state index contributed by atoms with van der Waals surface area (Å²) in [5.74, 6) is 1.07. The minimum Gasteiger partial charge on any atom is -0.489 e. The molecule has 0 atom stereocenters. The number of amides is 2. The maximum absolute atomic E-state index is 13.7. The number of Topliss-reactive ketones (excluding diaryl/α,β-unsaturated/α-hetero) is 2. The van der Waals surface area contributed by atoms with E-state index in [-0.39, 0.29) is 73.1 Å². The zero-order chi connectivity index (χ0) is 78.3. The van der Waals surface area contributed by atoms with E-state index in [2.05, 4.69) is 30.5 Å². The number of benzene rings is 8. The Labute approximate surface area is 647 Å². The maximum atomic E-state index is 13.7.